The Bertz CT molecular complexity index is 377. The number of aromatic nitrogens is 2. The van der Waals surface area contributed by atoms with Gasteiger partial charge in [-0.2, -0.15) is 0 Å². The molecule has 1 aromatic rings. The van der Waals surface area contributed by atoms with Gasteiger partial charge in [0, 0.05) is 13.1 Å². The summed E-state index contributed by atoms with van der Waals surface area (Å²) in [6, 6.07) is 0. The van der Waals surface area contributed by atoms with E-state index >= 15 is 0 Å². The fourth-order valence-corrected chi connectivity index (χ4v) is 4.44. The van der Waals surface area contributed by atoms with E-state index in [1.807, 2.05) is 0 Å². The van der Waals surface area contributed by atoms with Crippen LogP contribution in [0.4, 0.5) is 5.13 Å². The Morgan fingerprint density at radius 2 is 1.71 bits per heavy atom. The van der Waals surface area contributed by atoms with Crippen LogP contribution in [0.5, 0.6) is 0 Å². The summed E-state index contributed by atoms with van der Waals surface area (Å²) in [6.07, 6.45) is 9.97. The Labute approximate surface area is 115 Å². The van der Waals surface area contributed by atoms with Crippen LogP contribution in [0.2, 0.25) is 0 Å². The predicted molar refractivity (Wildman–Crippen MR) is 74.6 cm³/mol. The number of nitrogens with zero attached hydrogens (tertiary/aromatic N) is 3. The maximum Gasteiger partial charge on any atom is 0.209 e. The molecule has 3 rings (SSSR count). The molecule has 0 atom stereocenters. The first kappa shape index (κ1) is 11.9. The largest absolute Gasteiger partial charge is 0.347 e. The average molecular weight is 316 g/mol. The Hall–Kier alpha value is -0.160. The van der Waals surface area contributed by atoms with Gasteiger partial charge in [0.2, 0.25) is 5.13 Å². The van der Waals surface area contributed by atoms with Gasteiger partial charge in [-0.15, -0.1) is 10.2 Å². The first-order valence-corrected chi connectivity index (χ1v) is 8.12. The molecule has 3 nitrogen and oxygen atoms in total. The van der Waals surface area contributed by atoms with Gasteiger partial charge in [0.15, 0.2) is 3.92 Å². The van der Waals surface area contributed by atoms with Crippen LogP contribution in [0.15, 0.2) is 3.92 Å². The number of hydrogen-bond acceptors (Lipinski definition) is 4. The number of rotatable bonds is 1. The van der Waals surface area contributed by atoms with E-state index in [1.165, 1.54) is 58.0 Å². The topological polar surface area (TPSA) is 29.0 Å². The minimum atomic E-state index is 0.677. The number of anilines is 1. The minimum absolute atomic E-state index is 0.677. The highest BCUT2D eigenvalue weighted by molar-refractivity contribution is 9.11. The fourth-order valence-electron chi connectivity index (χ4n) is 3.30. The second-order valence-corrected chi connectivity index (χ2v) is 7.62. The van der Waals surface area contributed by atoms with Gasteiger partial charge in [-0.1, -0.05) is 30.6 Å². The predicted octanol–water partition coefficient (Wildman–Crippen LogP) is 3.85. The van der Waals surface area contributed by atoms with Crippen LogP contribution in [0, 0.1) is 5.41 Å². The van der Waals surface area contributed by atoms with Crippen LogP contribution in [-0.4, -0.2) is 23.3 Å². The molecule has 2 fully saturated rings. The highest BCUT2D eigenvalue weighted by atomic mass is 79.9. The van der Waals surface area contributed by atoms with Crippen LogP contribution >= 0.6 is 27.3 Å². The maximum atomic E-state index is 4.22. The summed E-state index contributed by atoms with van der Waals surface area (Å²) in [7, 11) is 0. The molecule has 2 heterocycles. The third-order valence-electron chi connectivity index (χ3n) is 4.40. The zero-order valence-electron chi connectivity index (χ0n) is 9.99. The van der Waals surface area contributed by atoms with Gasteiger partial charge in [-0.25, -0.2) is 0 Å². The van der Waals surface area contributed by atoms with Crippen molar-refractivity contribution in [1.82, 2.24) is 10.2 Å². The highest BCUT2D eigenvalue weighted by Crippen LogP contribution is 2.45. The molecule has 17 heavy (non-hydrogen) atoms. The van der Waals surface area contributed by atoms with Gasteiger partial charge >= 0.3 is 0 Å². The van der Waals surface area contributed by atoms with Crippen LogP contribution in [0.3, 0.4) is 0 Å². The van der Waals surface area contributed by atoms with Crippen LogP contribution in [-0.2, 0) is 0 Å². The molecule has 1 saturated carbocycles. The molecular formula is C12H18BrN3S. The van der Waals surface area contributed by atoms with Crippen molar-refractivity contribution in [3.8, 4) is 0 Å². The molecule has 0 N–H and O–H groups in total. The van der Waals surface area contributed by atoms with Gasteiger partial charge < -0.3 is 4.90 Å². The lowest BCUT2D eigenvalue weighted by molar-refractivity contribution is 0.144. The van der Waals surface area contributed by atoms with Gasteiger partial charge in [-0.05, 0) is 47.0 Å². The van der Waals surface area contributed by atoms with Crippen molar-refractivity contribution in [2.24, 2.45) is 5.41 Å². The Kier molecular flexibility index (Phi) is 3.39. The smallest absolute Gasteiger partial charge is 0.209 e. The molecule has 0 aromatic carbocycles. The lowest BCUT2D eigenvalue weighted by atomic mass is 9.68. The minimum Gasteiger partial charge on any atom is -0.347 e. The first-order chi connectivity index (χ1) is 8.27. The third kappa shape index (κ3) is 2.50. The van der Waals surface area contributed by atoms with Crippen molar-refractivity contribution >= 4 is 32.4 Å². The highest BCUT2D eigenvalue weighted by Gasteiger charge is 2.36. The molecule has 1 aliphatic carbocycles. The zero-order valence-corrected chi connectivity index (χ0v) is 12.4. The Morgan fingerprint density at radius 1 is 1.00 bits per heavy atom. The van der Waals surface area contributed by atoms with E-state index in [0.29, 0.717) is 5.41 Å². The maximum absolute atomic E-state index is 4.22. The Morgan fingerprint density at radius 3 is 2.29 bits per heavy atom. The summed E-state index contributed by atoms with van der Waals surface area (Å²) in [4.78, 5) is 2.41. The lowest BCUT2D eigenvalue weighted by Gasteiger charge is -2.44. The molecule has 0 amide bonds. The van der Waals surface area contributed by atoms with Crippen molar-refractivity contribution in [3.05, 3.63) is 3.92 Å². The summed E-state index contributed by atoms with van der Waals surface area (Å²) in [6.45, 7) is 2.34. The average Bonchev–Trinajstić information content (AvgIpc) is 2.78. The lowest BCUT2D eigenvalue weighted by Crippen LogP contribution is -2.41. The van der Waals surface area contributed by atoms with Gasteiger partial charge in [0.25, 0.3) is 0 Å². The van der Waals surface area contributed by atoms with Gasteiger partial charge in [0.05, 0.1) is 0 Å². The van der Waals surface area contributed by atoms with Crippen LogP contribution in [0.1, 0.15) is 44.9 Å². The molecule has 0 unspecified atom stereocenters. The molecule has 1 aliphatic heterocycles. The standard InChI is InChI=1S/C12H18BrN3S/c13-10-14-15-11(17-10)16-8-6-12(7-9-16)4-2-1-3-5-12/h1-9H2. The van der Waals surface area contributed by atoms with E-state index in [-0.39, 0.29) is 0 Å². The third-order valence-corrected chi connectivity index (χ3v) is 5.82. The van der Waals surface area contributed by atoms with E-state index in [9.17, 15) is 0 Å². The molecule has 0 radical (unpaired) electrons. The Balaban J connectivity index is 1.63. The fraction of sp³-hybridized carbons (Fsp3) is 0.833. The second-order valence-electron chi connectivity index (χ2n) is 5.39. The molecule has 2 aliphatic rings. The van der Waals surface area contributed by atoms with Crippen LogP contribution < -0.4 is 4.90 Å². The SMILES string of the molecule is Brc1nnc(N2CCC3(CCCCC3)CC2)s1. The molecule has 5 heteroatoms. The van der Waals surface area contributed by atoms with Gasteiger partial charge in [0.1, 0.15) is 0 Å². The molecular weight excluding hydrogens is 298 g/mol. The first-order valence-electron chi connectivity index (χ1n) is 6.51. The monoisotopic (exact) mass is 315 g/mol. The zero-order chi connectivity index (χ0) is 11.7. The summed E-state index contributed by atoms with van der Waals surface area (Å²) < 4.78 is 0.894. The van der Waals surface area contributed by atoms with Gasteiger partial charge in [-0.3, -0.25) is 0 Å². The van der Waals surface area contributed by atoms with E-state index < -0.39 is 0 Å². The summed E-state index contributed by atoms with van der Waals surface area (Å²) in [5.74, 6) is 0. The van der Waals surface area contributed by atoms with Crippen molar-refractivity contribution in [2.45, 2.75) is 44.9 Å². The summed E-state index contributed by atoms with van der Waals surface area (Å²) in [5, 5.41) is 9.35. The molecule has 94 valence electrons. The van der Waals surface area contributed by atoms with Crippen molar-refractivity contribution in [1.29, 1.82) is 0 Å². The number of piperidine rings is 1. The molecule has 1 spiro atoms. The van der Waals surface area contributed by atoms with E-state index in [2.05, 4.69) is 31.0 Å². The normalized spacial score (nSPS) is 24.2. The summed E-state index contributed by atoms with van der Waals surface area (Å²) >= 11 is 5.04. The molecule has 1 aromatic heterocycles. The van der Waals surface area contributed by atoms with Crippen molar-refractivity contribution in [3.63, 3.8) is 0 Å². The second kappa shape index (κ2) is 4.84. The van der Waals surface area contributed by atoms with E-state index in [0.717, 1.165) is 9.05 Å². The summed E-state index contributed by atoms with van der Waals surface area (Å²) in [5.41, 5.74) is 0.677. The van der Waals surface area contributed by atoms with E-state index in [4.69, 9.17) is 0 Å². The van der Waals surface area contributed by atoms with Crippen LogP contribution in [0.25, 0.3) is 0 Å². The van der Waals surface area contributed by atoms with E-state index in [1.54, 1.807) is 11.3 Å². The number of halogens is 1. The van der Waals surface area contributed by atoms with Crippen molar-refractivity contribution in [2.75, 3.05) is 18.0 Å². The van der Waals surface area contributed by atoms with Crippen molar-refractivity contribution < 1.29 is 0 Å². The quantitative estimate of drug-likeness (QED) is 0.788. The number of hydrogen-bond donors (Lipinski definition) is 0. The molecule has 0 bridgehead atoms. The molecule has 1 saturated heterocycles.